The quantitative estimate of drug-likeness (QED) is 0.792. The fraction of sp³-hybridized carbons (Fsp3) is 0.444. The van der Waals surface area contributed by atoms with Crippen molar-refractivity contribution in [3.05, 3.63) is 20.8 Å². The van der Waals surface area contributed by atoms with E-state index < -0.39 is 10.8 Å². The van der Waals surface area contributed by atoms with E-state index in [0.29, 0.717) is 24.6 Å². The third-order valence-electron chi connectivity index (χ3n) is 2.28. The van der Waals surface area contributed by atoms with E-state index in [0.717, 1.165) is 9.35 Å². The number of thiophene rings is 1. The largest absolute Gasteiger partial charge is 0.337 e. The van der Waals surface area contributed by atoms with Crippen molar-refractivity contribution in [3.8, 4) is 0 Å². The van der Waals surface area contributed by atoms with Crippen LogP contribution in [0.3, 0.4) is 0 Å². The van der Waals surface area contributed by atoms with E-state index in [1.165, 1.54) is 11.3 Å². The van der Waals surface area contributed by atoms with Crippen LogP contribution in [-0.2, 0) is 10.8 Å². The number of carbonyl (C=O) groups excluding carboxylic acids is 1. The highest BCUT2D eigenvalue weighted by atomic mass is 79.9. The molecule has 0 bridgehead atoms. The third-order valence-corrected chi connectivity index (χ3v) is 5.06. The summed E-state index contributed by atoms with van der Waals surface area (Å²) in [5.74, 6) is 1.27. The Morgan fingerprint density at radius 2 is 2.13 bits per heavy atom. The zero-order valence-corrected chi connectivity index (χ0v) is 11.2. The van der Waals surface area contributed by atoms with Crippen molar-refractivity contribution in [2.45, 2.75) is 0 Å². The lowest BCUT2D eigenvalue weighted by molar-refractivity contribution is 0.0772. The molecule has 3 nitrogen and oxygen atoms in total. The normalized spacial score (nSPS) is 18.1. The predicted molar refractivity (Wildman–Crippen MR) is 65.8 cm³/mol. The van der Waals surface area contributed by atoms with Crippen molar-refractivity contribution in [1.82, 2.24) is 4.90 Å². The highest BCUT2D eigenvalue weighted by molar-refractivity contribution is 9.11. The summed E-state index contributed by atoms with van der Waals surface area (Å²) >= 11 is 4.84. The topological polar surface area (TPSA) is 37.4 Å². The number of hydrogen-bond acceptors (Lipinski definition) is 3. The van der Waals surface area contributed by atoms with Crippen molar-refractivity contribution in [2.75, 3.05) is 24.6 Å². The van der Waals surface area contributed by atoms with Gasteiger partial charge in [-0.25, -0.2) is 0 Å². The Morgan fingerprint density at radius 3 is 2.67 bits per heavy atom. The first-order valence-electron chi connectivity index (χ1n) is 4.55. The smallest absolute Gasteiger partial charge is 0.254 e. The molecule has 1 aromatic heterocycles. The second-order valence-corrected chi connectivity index (χ2v) is 7.27. The van der Waals surface area contributed by atoms with Crippen LogP contribution in [0.25, 0.3) is 0 Å². The number of rotatable bonds is 1. The highest BCUT2D eigenvalue weighted by Crippen LogP contribution is 2.22. The van der Waals surface area contributed by atoms with Crippen LogP contribution in [0.4, 0.5) is 0 Å². The number of amides is 1. The second-order valence-electron chi connectivity index (χ2n) is 3.28. The average molecular weight is 308 g/mol. The molecule has 82 valence electrons. The van der Waals surface area contributed by atoms with Crippen LogP contribution in [0, 0.1) is 0 Å². The summed E-state index contributed by atoms with van der Waals surface area (Å²) in [4.78, 5) is 13.7. The van der Waals surface area contributed by atoms with Gasteiger partial charge in [0.15, 0.2) is 0 Å². The molecule has 15 heavy (non-hydrogen) atoms. The zero-order chi connectivity index (χ0) is 10.8. The summed E-state index contributed by atoms with van der Waals surface area (Å²) in [5.41, 5.74) is 0.722. The summed E-state index contributed by atoms with van der Waals surface area (Å²) in [6, 6.07) is 1.83. The number of hydrogen-bond donors (Lipinski definition) is 0. The predicted octanol–water partition coefficient (Wildman–Crippen LogP) is 1.72. The Bertz CT molecular complexity index is 395. The SMILES string of the molecule is O=C(c1csc(Br)c1)N1CCS(=O)CC1. The molecule has 0 radical (unpaired) electrons. The lowest BCUT2D eigenvalue weighted by Gasteiger charge is -2.25. The molecule has 0 aromatic carbocycles. The molecule has 0 N–H and O–H groups in total. The number of halogens is 1. The van der Waals surface area contributed by atoms with Crippen LogP contribution in [0.15, 0.2) is 15.2 Å². The van der Waals surface area contributed by atoms with E-state index in [2.05, 4.69) is 15.9 Å². The third kappa shape index (κ3) is 2.68. The number of carbonyl (C=O) groups is 1. The Kier molecular flexibility index (Phi) is 3.58. The maximum atomic E-state index is 11.9. The minimum Gasteiger partial charge on any atom is -0.337 e. The molecular formula is C9H10BrNO2S2. The molecule has 0 saturated carbocycles. The highest BCUT2D eigenvalue weighted by Gasteiger charge is 2.21. The van der Waals surface area contributed by atoms with Gasteiger partial charge >= 0.3 is 0 Å². The van der Waals surface area contributed by atoms with Gasteiger partial charge in [0.05, 0.1) is 9.35 Å². The van der Waals surface area contributed by atoms with Crippen LogP contribution in [0.5, 0.6) is 0 Å². The van der Waals surface area contributed by atoms with Crippen LogP contribution in [-0.4, -0.2) is 39.6 Å². The van der Waals surface area contributed by atoms with Gasteiger partial charge in [-0.2, -0.15) is 0 Å². The van der Waals surface area contributed by atoms with E-state index in [9.17, 15) is 9.00 Å². The molecule has 6 heteroatoms. The fourth-order valence-electron chi connectivity index (χ4n) is 1.45. The summed E-state index contributed by atoms with van der Waals surface area (Å²) in [5, 5.41) is 1.85. The Morgan fingerprint density at radius 1 is 1.47 bits per heavy atom. The van der Waals surface area contributed by atoms with Gasteiger partial charge in [0, 0.05) is 40.8 Å². The Hall–Kier alpha value is -0.200. The minimum absolute atomic E-state index is 0.0497. The number of nitrogens with zero attached hydrogens (tertiary/aromatic N) is 1. The Balaban J connectivity index is 2.05. The van der Waals surface area contributed by atoms with Gasteiger partial charge in [-0.3, -0.25) is 9.00 Å². The van der Waals surface area contributed by atoms with E-state index in [1.54, 1.807) is 4.90 Å². The zero-order valence-electron chi connectivity index (χ0n) is 7.94. The van der Waals surface area contributed by atoms with Gasteiger partial charge in [0.25, 0.3) is 5.91 Å². The average Bonchev–Trinajstić information content (AvgIpc) is 2.65. The minimum atomic E-state index is -0.729. The lowest BCUT2D eigenvalue weighted by Crippen LogP contribution is -2.41. The van der Waals surface area contributed by atoms with E-state index in [1.807, 2.05) is 11.4 Å². The van der Waals surface area contributed by atoms with Crippen LogP contribution in [0.2, 0.25) is 0 Å². The standard InChI is InChI=1S/C9H10BrNO2S2/c10-8-5-7(6-14-8)9(12)11-1-3-15(13)4-2-11/h5-6H,1-4H2. The van der Waals surface area contributed by atoms with Crippen molar-refractivity contribution in [3.63, 3.8) is 0 Å². The molecule has 2 rings (SSSR count). The molecule has 1 saturated heterocycles. The first-order chi connectivity index (χ1) is 7.16. The molecule has 0 aliphatic carbocycles. The fourth-order valence-corrected chi connectivity index (χ4v) is 3.63. The van der Waals surface area contributed by atoms with Crippen molar-refractivity contribution in [1.29, 1.82) is 0 Å². The van der Waals surface area contributed by atoms with Gasteiger partial charge < -0.3 is 4.90 Å². The molecule has 0 atom stereocenters. The van der Waals surface area contributed by atoms with Crippen LogP contribution in [0.1, 0.15) is 10.4 Å². The lowest BCUT2D eigenvalue weighted by atomic mass is 10.3. The second kappa shape index (κ2) is 4.76. The van der Waals surface area contributed by atoms with Gasteiger partial charge in [-0.05, 0) is 22.0 Å². The van der Waals surface area contributed by atoms with Gasteiger partial charge in [-0.15, -0.1) is 11.3 Å². The molecule has 2 heterocycles. The van der Waals surface area contributed by atoms with E-state index >= 15 is 0 Å². The maximum absolute atomic E-state index is 11.9. The first-order valence-corrected chi connectivity index (χ1v) is 7.71. The monoisotopic (exact) mass is 307 g/mol. The summed E-state index contributed by atoms with van der Waals surface area (Å²) < 4.78 is 12.1. The Labute approximate surface area is 103 Å². The molecule has 0 spiro atoms. The maximum Gasteiger partial charge on any atom is 0.254 e. The van der Waals surface area contributed by atoms with Crippen molar-refractivity contribution >= 4 is 44.0 Å². The molecular weight excluding hydrogens is 298 g/mol. The van der Waals surface area contributed by atoms with Gasteiger partial charge in [0.1, 0.15) is 0 Å². The van der Waals surface area contributed by atoms with E-state index in [4.69, 9.17) is 0 Å². The summed E-state index contributed by atoms with van der Waals surface area (Å²) in [7, 11) is -0.729. The molecule has 1 aromatic rings. The summed E-state index contributed by atoms with van der Waals surface area (Å²) in [6.07, 6.45) is 0. The van der Waals surface area contributed by atoms with Crippen molar-refractivity contribution < 1.29 is 9.00 Å². The van der Waals surface area contributed by atoms with Crippen molar-refractivity contribution in [2.24, 2.45) is 0 Å². The van der Waals surface area contributed by atoms with Gasteiger partial charge in [-0.1, -0.05) is 0 Å². The molecule has 1 fully saturated rings. The first kappa shape index (κ1) is 11.3. The van der Waals surface area contributed by atoms with Crippen LogP contribution < -0.4 is 0 Å². The molecule has 1 amide bonds. The van der Waals surface area contributed by atoms with E-state index in [-0.39, 0.29) is 5.91 Å². The molecule has 1 aliphatic heterocycles. The van der Waals surface area contributed by atoms with Crippen LogP contribution >= 0.6 is 27.3 Å². The van der Waals surface area contributed by atoms with Gasteiger partial charge in [0.2, 0.25) is 0 Å². The molecule has 1 aliphatic rings. The summed E-state index contributed by atoms with van der Waals surface area (Å²) in [6.45, 7) is 1.22. The molecule has 0 unspecified atom stereocenters.